The van der Waals surface area contributed by atoms with Gasteiger partial charge in [-0.3, -0.25) is 24.1 Å². The summed E-state index contributed by atoms with van der Waals surface area (Å²) >= 11 is 0. The summed E-state index contributed by atoms with van der Waals surface area (Å²) in [6.45, 7) is 2.55. The van der Waals surface area contributed by atoms with Gasteiger partial charge in [0.2, 0.25) is 0 Å². The van der Waals surface area contributed by atoms with Crippen LogP contribution in [0, 0.1) is 5.92 Å². The van der Waals surface area contributed by atoms with Crippen LogP contribution in [0.3, 0.4) is 0 Å². The fourth-order valence-electron chi connectivity index (χ4n) is 3.21. The Labute approximate surface area is 145 Å². The maximum atomic E-state index is 12.2. The zero-order valence-electron chi connectivity index (χ0n) is 14.1. The number of imide groups is 1. The van der Waals surface area contributed by atoms with E-state index in [9.17, 15) is 19.2 Å². The fraction of sp³-hybridized carbons (Fsp3) is 0.444. The van der Waals surface area contributed by atoms with Gasteiger partial charge in [0.05, 0.1) is 11.1 Å². The molecule has 0 aromatic heterocycles. The smallest absolute Gasteiger partial charge is 0.326 e. The van der Waals surface area contributed by atoms with Gasteiger partial charge in [-0.1, -0.05) is 19.1 Å². The summed E-state index contributed by atoms with van der Waals surface area (Å²) in [6.07, 6.45) is 2.03. The minimum atomic E-state index is -0.770. The van der Waals surface area contributed by atoms with Gasteiger partial charge in [0.1, 0.15) is 6.54 Å². The summed E-state index contributed by atoms with van der Waals surface area (Å²) in [5.74, 6) is -1.62. The lowest BCUT2D eigenvalue weighted by atomic mass is 10.0. The second-order valence-corrected chi connectivity index (χ2v) is 6.49. The second-order valence-electron chi connectivity index (χ2n) is 6.49. The van der Waals surface area contributed by atoms with Crippen molar-refractivity contribution in [1.29, 1.82) is 0 Å². The van der Waals surface area contributed by atoms with E-state index in [1.54, 1.807) is 29.2 Å². The van der Waals surface area contributed by atoms with Crippen LogP contribution in [0.1, 0.15) is 40.5 Å². The molecule has 1 aromatic rings. The standard InChI is InChI=1S/C18H20N2O5/c1-12-5-4-8-19(9-12)15(21)11-25-16(22)10-20-17(23)13-6-2-3-7-14(13)18(20)24/h2-3,6-7,12H,4-5,8-11H2,1H3. The van der Waals surface area contributed by atoms with Gasteiger partial charge in [-0.2, -0.15) is 0 Å². The lowest BCUT2D eigenvalue weighted by Crippen LogP contribution is -2.42. The molecule has 2 aliphatic rings. The Morgan fingerprint density at radius 3 is 2.40 bits per heavy atom. The third-order valence-electron chi connectivity index (χ3n) is 4.53. The van der Waals surface area contributed by atoms with Crippen LogP contribution in [-0.4, -0.2) is 59.7 Å². The highest BCUT2D eigenvalue weighted by Crippen LogP contribution is 2.22. The number of ether oxygens (including phenoxy) is 1. The van der Waals surface area contributed by atoms with Crippen LogP contribution >= 0.6 is 0 Å². The summed E-state index contributed by atoms with van der Waals surface area (Å²) in [5.41, 5.74) is 0.553. The van der Waals surface area contributed by atoms with Crippen molar-refractivity contribution in [2.75, 3.05) is 26.2 Å². The second kappa shape index (κ2) is 7.04. The lowest BCUT2D eigenvalue weighted by molar-refractivity contribution is -0.152. The maximum absolute atomic E-state index is 12.2. The van der Waals surface area contributed by atoms with E-state index >= 15 is 0 Å². The van der Waals surface area contributed by atoms with E-state index < -0.39 is 24.3 Å². The van der Waals surface area contributed by atoms with E-state index in [1.807, 2.05) is 0 Å². The van der Waals surface area contributed by atoms with Crippen molar-refractivity contribution in [2.45, 2.75) is 19.8 Å². The van der Waals surface area contributed by atoms with Crippen LogP contribution in [0.25, 0.3) is 0 Å². The quantitative estimate of drug-likeness (QED) is 0.603. The van der Waals surface area contributed by atoms with Gasteiger partial charge in [0.15, 0.2) is 6.61 Å². The van der Waals surface area contributed by atoms with E-state index in [1.165, 1.54) is 0 Å². The minimum absolute atomic E-state index is 0.248. The van der Waals surface area contributed by atoms with Gasteiger partial charge < -0.3 is 9.64 Å². The predicted molar refractivity (Wildman–Crippen MR) is 87.7 cm³/mol. The molecule has 0 N–H and O–H groups in total. The molecule has 1 saturated heterocycles. The topological polar surface area (TPSA) is 84.0 Å². The molecular formula is C18H20N2O5. The first kappa shape index (κ1) is 17.1. The third kappa shape index (κ3) is 3.55. The van der Waals surface area contributed by atoms with Crippen molar-refractivity contribution in [2.24, 2.45) is 5.92 Å². The van der Waals surface area contributed by atoms with Gasteiger partial charge in [0.25, 0.3) is 17.7 Å². The largest absolute Gasteiger partial charge is 0.454 e. The van der Waals surface area contributed by atoms with Crippen molar-refractivity contribution in [3.63, 3.8) is 0 Å². The predicted octanol–water partition coefficient (Wildman–Crippen LogP) is 1.08. The molecule has 2 heterocycles. The van der Waals surface area contributed by atoms with Crippen LogP contribution < -0.4 is 0 Å². The molecule has 0 radical (unpaired) electrons. The van der Waals surface area contributed by atoms with E-state index in [0.717, 1.165) is 17.7 Å². The fourth-order valence-corrected chi connectivity index (χ4v) is 3.21. The van der Waals surface area contributed by atoms with Crippen LogP contribution in [0.5, 0.6) is 0 Å². The first-order valence-electron chi connectivity index (χ1n) is 8.36. The Morgan fingerprint density at radius 1 is 1.16 bits per heavy atom. The van der Waals surface area contributed by atoms with Crippen molar-refractivity contribution in [1.82, 2.24) is 9.80 Å². The Kier molecular flexibility index (Phi) is 4.83. The van der Waals surface area contributed by atoms with Gasteiger partial charge in [-0.15, -0.1) is 0 Å². The number of benzene rings is 1. The third-order valence-corrected chi connectivity index (χ3v) is 4.53. The van der Waals surface area contributed by atoms with Crippen LogP contribution in [0.2, 0.25) is 0 Å². The van der Waals surface area contributed by atoms with Crippen LogP contribution in [-0.2, 0) is 14.3 Å². The minimum Gasteiger partial charge on any atom is -0.454 e. The van der Waals surface area contributed by atoms with E-state index in [4.69, 9.17) is 4.74 Å². The van der Waals surface area contributed by atoms with E-state index in [-0.39, 0.29) is 23.6 Å². The summed E-state index contributed by atoms with van der Waals surface area (Å²) in [6, 6.07) is 6.40. The average Bonchev–Trinajstić information content (AvgIpc) is 2.85. The van der Waals surface area contributed by atoms with Crippen LogP contribution in [0.4, 0.5) is 0 Å². The molecule has 1 unspecified atom stereocenters. The number of fused-ring (bicyclic) bond motifs is 1. The Balaban J connectivity index is 1.53. The Hall–Kier alpha value is -2.70. The summed E-state index contributed by atoms with van der Waals surface area (Å²) < 4.78 is 4.97. The molecule has 0 bridgehead atoms. The Bertz CT molecular complexity index is 695. The molecule has 25 heavy (non-hydrogen) atoms. The number of rotatable bonds is 4. The monoisotopic (exact) mass is 344 g/mol. The lowest BCUT2D eigenvalue weighted by Gasteiger charge is -2.30. The molecule has 1 atom stereocenters. The molecule has 3 amide bonds. The number of esters is 1. The normalized spacial score (nSPS) is 19.8. The molecular weight excluding hydrogens is 324 g/mol. The molecule has 7 nitrogen and oxygen atoms in total. The highest BCUT2D eigenvalue weighted by atomic mass is 16.5. The molecule has 0 saturated carbocycles. The number of hydrogen-bond donors (Lipinski definition) is 0. The average molecular weight is 344 g/mol. The van der Waals surface area contributed by atoms with Gasteiger partial charge >= 0.3 is 5.97 Å². The van der Waals surface area contributed by atoms with E-state index in [2.05, 4.69) is 6.92 Å². The number of piperidine rings is 1. The SMILES string of the molecule is CC1CCCN(C(=O)COC(=O)CN2C(=O)c3ccccc3C2=O)C1. The van der Waals surface area contributed by atoms with Gasteiger partial charge in [-0.25, -0.2) is 0 Å². The number of likely N-dealkylation sites (tertiary alicyclic amines) is 1. The number of nitrogens with zero attached hydrogens (tertiary/aromatic N) is 2. The van der Waals surface area contributed by atoms with E-state index in [0.29, 0.717) is 19.0 Å². The zero-order valence-corrected chi connectivity index (χ0v) is 14.1. The van der Waals surface area contributed by atoms with Crippen molar-refractivity contribution < 1.29 is 23.9 Å². The summed E-state index contributed by atoms with van der Waals surface area (Å²) in [7, 11) is 0. The Morgan fingerprint density at radius 2 is 1.80 bits per heavy atom. The zero-order chi connectivity index (χ0) is 18.0. The molecule has 1 aromatic carbocycles. The van der Waals surface area contributed by atoms with Gasteiger partial charge in [-0.05, 0) is 30.9 Å². The van der Waals surface area contributed by atoms with Crippen molar-refractivity contribution in [3.05, 3.63) is 35.4 Å². The molecule has 132 valence electrons. The number of carbonyl (C=O) groups is 4. The van der Waals surface area contributed by atoms with Crippen LogP contribution in [0.15, 0.2) is 24.3 Å². The molecule has 3 rings (SSSR count). The number of carbonyl (C=O) groups excluding carboxylic acids is 4. The highest BCUT2D eigenvalue weighted by Gasteiger charge is 2.36. The number of amides is 3. The molecule has 2 aliphatic heterocycles. The summed E-state index contributed by atoms with van der Waals surface area (Å²) in [5, 5.41) is 0. The highest BCUT2D eigenvalue weighted by molar-refractivity contribution is 6.22. The first-order valence-corrected chi connectivity index (χ1v) is 8.36. The molecule has 1 fully saturated rings. The molecule has 7 heteroatoms. The number of hydrogen-bond acceptors (Lipinski definition) is 5. The maximum Gasteiger partial charge on any atom is 0.326 e. The van der Waals surface area contributed by atoms with Gasteiger partial charge in [0, 0.05) is 13.1 Å². The molecule has 0 aliphatic carbocycles. The van der Waals surface area contributed by atoms with Crippen molar-refractivity contribution in [3.8, 4) is 0 Å². The molecule has 0 spiro atoms. The first-order chi connectivity index (χ1) is 12.0. The summed E-state index contributed by atoms with van der Waals surface area (Å²) in [4.78, 5) is 51.0. The van der Waals surface area contributed by atoms with Crippen molar-refractivity contribution >= 4 is 23.7 Å².